The van der Waals surface area contributed by atoms with Gasteiger partial charge in [0, 0.05) is 13.6 Å². The molecule has 0 bridgehead atoms. The molecule has 20 heavy (non-hydrogen) atoms. The number of sulfonamides is 1. The van der Waals surface area contributed by atoms with Crippen molar-refractivity contribution in [3.63, 3.8) is 0 Å². The Kier molecular flexibility index (Phi) is 3.96. The van der Waals surface area contributed by atoms with Gasteiger partial charge in [-0.2, -0.15) is 0 Å². The van der Waals surface area contributed by atoms with Crippen LogP contribution in [-0.2, 0) is 10.0 Å². The lowest BCUT2D eigenvalue weighted by Crippen LogP contribution is -2.22. The zero-order valence-electron chi connectivity index (χ0n) is 11.2. The number of nitro benzene ring substituents is 1. The minimum absolute atomic E-state index is 0.280. The van der Waals surface area contributed by atoms with Gasteiger partial charge in [0.05, 0.1) is 4.92 Å². The molecule has 0 heterocycles. The first-order valence-corrected chi connectivity index (χ1v) is 7.86. The van der Waals surface area contributed by atoms with E-state index in [1.54, 1.807) is 18.0 Å². The standard InChI is InChI=1S/C12H17N3O4S/c1-14(8-7-9-5-6-9)10-3-2-4-11(20(13,18)19)12(10)15(16)17/h2-4,9H,5-8H2,1H3,(H2,13,18,19). The van der Waals surface area contributed by atoms with Gasteiger partial charge in [-0.3, -0.25) is 10.1 Å². The SMILES string of the molecule is CN(CCC1CC1)c1cccc(S(N)(=O)=O)c1[N+](=O)[O-]. The van der Waals surface area contributed by atoms with E-state index in [1.807, 2.05) is 0 Å². The molecule has 1 saturated carbocycles. The fourth-order valence-electron chi connectivity index (χ4n) is 2.14. The molecule has 0 unspecified atom stereocenters. The lowest BCUT2D eigenvalue weighted by molar-refractivity contribution is -0.387. The van der Waals surface area contributed by atoms with Gasteiger partial charge in [-0.05, 0) is 24.5 Å². The summed E-state index contributed by atoms with van der Waals surface area (Å²) in [6.07, 6.45) is 3.35. The van der Waals surface area contributed by atoms with E-state index < -0.39 is 25.5 Å². The predicted molar refractivity (Wildman–Crippen MR) is 75.1 cm³/mol. The molecule has 0 atom stereocenters. The van der Waals surface area contributed by atoms with Gasteiger partial charge >= 0.3 is 5.69 Å². The summed E-state index contributed by atoms with van der Waals surface area (Å²) >= 11 is 0. The highest BCUT2D eigenvalue weighted by Crippen LogP contribution is 2.36. The van der Waals surface area contributed by atoms with Crippen LogP contribution in [0.5, 0.6) is 0 Å². The van der Waals surface area contributed by atoms with Crippen molar-refractivity contribution in [3.05, 3.63) is 28.3 Å². The Morgan fingerprint density at radius 1 is 1.45 bits per heavy atom. The summed E-state index contributed by atoms with van der Waals surface area (Å²) in [6.45, 7) is 0.652. The third-order valence-corrected chi connectivity index (χ3v) is 4.39. The van der Waals surface area contributed by atoms with Crippen LogP contribution in [0, 0.1) is 16.0 Å². The van der Waals surface area contributed by atoms with E-state index in [9.17, 15) is 18.5 Å². The third-order valence-electron chi connectivity index (χ3n) is 3.45. The smallest absolute Gasteiger partial charge is 0.312 e. The average molecular weight is 299 g/mol. The minimum atomic E-state index is -4.12. The number of nitro groups is 1. The van der Waals surface area contributed by atoms with Crippen molar-refractivity contribution in [1.82, 2.24) is 0 Å². The maximum atomic E-state index is 11.5. The molecule has 1 aromatic rings. The maximum absolute atomic E-state index is 11.5. The number of hydrogen-bond donors (Lipinski definition) is 1. The number of para-hydroxylation sites is 1. The first-order chi connectivity index (χ1) is 9.30. The lowest BCUT2D eigenvalue weighted by Gasteiger charge is -2.19. The molecule has 8 heteroatoms. The molecule has 1 aromatic carbocycles. The van der Waals surface area contributed by atoms with Crippen LogP contribution in [0.3, 0.4) is 0 Å². The van der Waals surface area contributed by atoms with Gasteiger partial charge in [0.25, 0.3) is 0 Å². The molecule has 110 valence electrons. The van der Waals surface area contributed by atoms with Crippen LogP contribution in [0.4, 0.5) is 11.4 Å². The van der Waals surface area contributed by atoms with Gasteiger partial charge in [0.1, 0.15) is 5.69 Å². The monoisotopic (exact) mass is 299 g/mol. The number of nitrogens with zero attached hydrogens (tertiary/aromatic N) is 2. The van der Waals surface area contributed by atoms with Crippen LogP contribution >= 0.6 is 0 Å². The third kappa shape index (κ3) is 3.26. The molecule has 7 nitrogen and oxygen atoms in total. The number of primary sulfonamides is 1. The normalized spacial score (nSPS) is 15.1. The van der Waals surface area contributed by atoms with Crippen molar-refractivity contribution in [2.45, 2.75) is 24.2 Å². The predicted octanol–water partition coefficient (Wildman–Crippen LogP) is 1.48. The van der Waals surface area contributed by atoms with Gasteiger partial charge in [0.2, 0.25) is 10.0 Å². The fourth-order valence-corrected chi connectivity index (χ4v) is 2.85. The molecule has 2 rings (SSSR count). The number of benzene rings is 1. The van der Waals surface area contributed by atoms with Crippen LogP contribution in [0.25, 0.3) is 0 Å². The zero-order valence-corrected chi connectivity index (χ0v) is 12.0. The molecule has 0 amide bonds. The van der Waals surface area contributed by atoms with E-state index in [1.165, 1.54) is 18.9 Å². The summed E-state index contributed by atoms with van der Waals surface area (Å²) in [5.41, 5.74) is -0.171. The Labute approximate surface area is 117 Å². The first kappa shape index (κ1) is 14.7. The van der Waals surface area contributed by atoms with E-state index in [-0.39, 0.29) is 5.69 Å². The quantitative estimate of drug-likeness (QED) is 0.632. The first-order valence-electron chi connectivity index (χ1n) is 6.32. The molecule has 1 aliphatic rings. The average Bonchev–Trinajstić information content (AvgIpc) is 3.17. The molecule has 0 saturated heterocycles. The molecule has 1 fully saturated rings. The molecule has 2 N–H and O–H groups in total. The Hall–Kier alpha value is -1.67. The highest BCUT2D eigenvalue weighted by Gasteiger charge is 2.29. The lowest BCUT2D eigenvalue weighted by atomic mass is 10.2. The summed E-state index contributed by atoms with van der Waals surface area (Å²) in [4.78, 5) is 11.8. The van der Waals surface area contributed by atoms with Crippen molar-refractivity contribution in [2.75, 3.05) is 18.5 Å². The molecular formula is C12H17N3O4S. The molecule has 0 aliphatic heterocycles. The highest BCUT2D eigenvalue weighted by molar-refractivity contribution is 7.89. The Morgan fingerprint density at radius 2 is 2.10 bits per heavy atom. The van der Waals surface area contributed by atoms with Crippen molar-refractivity contribution < 1.29 is 13.3 Å². The van der Waals surface area contributed by atoms with Gasteiger partial charge in [-0.15, -0.1) is 0 Å². The van der Waals surface area contributed by atoms with Crippen molar-refractivity contribution in [2.24, 2.45) is 11.1 Å². The van der Waals surface area contributed by atoms with E-state index >= 15 is 0 Å². The van der Waals surface area contributed by atoms with Gasteiger partial charge < -0.3 is 4.90 Å². The number of anilines is 1. The van der Waals surface area contributed by atoms with E-state index in [0.717, 1.165) is 12.5 Å². The second-order valence-electron chi connectivity index (χ2n) is 5.08. The molecule has 0 aromatic heterocycles. The zero-order chi connectivity index (χ0) is 14.9. The summed E-state index contributed by atoms with van der Waals surface area (Å²) in [5, 5.41) is 16.2. The van der Waals surface area contributed by atoms with Crippen molar-refractivity contribution in [1.29, 1.82) is 0 Å². The van der Waals surface area contributed by atoms with Crippen LogP contribution in [-0.4, -0.2) is 26.9 Å². The van der Waals surface area contributed by atoms with Crippen LogP contribution in [0.15, 0.2) is 23.1 Å². The van der Waals surface area contributed by atoms with Crippen LogP contribution in [0.2, 0.25) is 0 Å². The molecule has 0 radical (unpaired) electrons. The van der Waals surface area contributed by atoms with E-state index in [0.29, 0.717) is 12.5 Å². The largest absolute Gasteiger partial charge is 0.369 e. The molecule has 0 spiro atoms. The summed E-state index contributed by atoms with van der Waals surface area (Å²) in [7, 11) is -2.40. The van der Waals surface area contributed by atoms with Crippen molar-refractivity contribution >= 4 is 21.4 Å². The van der Waals surface area contributed by atoms with Crippen LogP contribution < -0.4 is 10.0 Å². The second kappa shape index (κ2) is 5.37. The maximum Gasteiger partial charge on any atom is 0.312 e. The number of hydrogen-bond acceptors (Lipinski definition) is 5. The second-order valence-corrected chi connectivity index (χ2v) is 6.61. The summed E-state index contributed by atoms with van der Waals surface area (Å²) < 4.78 is 22.9. The van der Waals surface area contributed by atoms with Gasteiger partial charge in [-0.1, -0.05) is 18.9 Å². The molecule has 1 aliphatic carbocycles. The minimum Gasteiger partial charge on any atom is -0.369 e. The van der Waals surface area contributed by atoms with Gasteiger partial charge in [-0.25, -0.2) is 13.6 Å². The number of rotatable bonds is 6. The molecular weight excluding hydrogens is 282 g/mol. The highest BCUT2D eigenvalue weighted by atomic mass is 32.2. The van der Waals surface area contributed by atoms with E-state index in [4.69, 9.17) is 5.14 Å². The fraction of sp³-hybridized carbons (Fsp3) is 0.500. The van der Waals surface area contributed by atoms with Gasteiger partial charge in [0.15, 0.2) is 4.90 Å². The topological polar surface area (TPSA) is 107 Å². The number of nitrogens with two attached hydrogens (primary N) is 1. The Balaban J connectivity index is 2.38. The Morgan fingerprint density at radius 3 is 2.60 bits per heavy atom. The van der Waals surface area contributed by atoms with Crippen molar-refractivity contribution in [3.8, 4) is 0 Å². The summed E-state index contributed by atoms with van der Waals surface area (Å²) in [6, 6.07) is 4.17. The van der Waals surface area contributed by atoms with E-state index in [2.05, 4.69) is 0 Å². The Bertz CT molecular complexity index is 626. The van der Waals surface area contributed by atoms with Crippen LogP contribution in [0.1, 0.15) is 19.3 Å². The summed E-state index contributed by atoms with van der Waals surface area (Å²) in [5.74, 6) is 0.693.